The first-order chi connectivity index (χ1) is 9.60. The van der Waals surface area contributed by atoms with E-state index in [4.69, 9.17) is 9.26 Å². The molecule has 6 heteroatoms. The van der Waals surface area contributed by atoms with Gasteiger partial charge in [-0.15, -0.1) is 0 Å². The van der Waals surface area contributed by atoms with Gasteiger partial charge in [0.15, 0.2) is 17.4 Å². The third-order valence-electron chi connectivity index (χ3n) is 3.03. The Morgan fingerprint density at radius 2 is 2.25 bits per heavy atom. The molecule has 1 N–H and O–H groups in total. The van der Waals surface area contributed by atoms with Crippen molar-refractivity contribution in [1.82, 2.24) is 15.5 Å². The van der Waals surface area contributed by atoms with Gasteiger partial charge in [-0.25, -0.2) is 4.39 Å². The highest BCUT2D eigenvalue weighted by molar-refractivity contribution is 5.30. The van der Waals surface area contributed by atoms with Crippen LogP contribution in [0.2, 0.25) is 0 Å². The third kappa shape index (κ3) is 3.54. The van der Waals surface area contributed by atoms with Crippen LogP contribution in [-0.2, 0) is 6.42 Å². The van der Waals surface area contributed by atoms with E-state index in [1.807, 2.05) is 13.0 Å². The van der Waals surface area contributed by atoms with Gasteiger partial charge < -0.3 is 14.6 Å². The van der Waals surface area contributed by atoms with Crippen molar-refractivity contribution in [2.45, 2.75) is 26.3 Å². The fraction of sp³-hybridized carbons (Fsp3) is 0.429. The summed E-state index contributed by atoms with van der Waals surface area (Å²) in [6.45, 7) is 4.43. The van der Waals surface area contributed by atoms with Crippen LogP contribution in [0.3, 0.4) is 0 Å². The largest absolute Gasteiger partial charge is 0.494 e. The van der Waals surface area contributed by atoms with Crippen LogP contribution in [0.4, 0.5) is 4.39 Å². The van der Waals surface area contributed by atoms with E-state index < -0.39 is 0 Å². The molecule has 1 unspecified atom stereocenters. The summed E-state index contributed by atoms with van der Waals surface area (Å²) in [5, 5.41) is 7.01. The van der Waals surface area contributed by atoms with E-state index in [1.54, 1.807) is 13.0 Å². The van der Waals surface area contributed by atoms with Crippen LogP contribution in [0, 0.1) is 12.7 Å². The first-order valence-electron chi connectivity index (χ1n) is 6.46. The van der Waals surface area contributed by atoms with Crippen LogP contribution >= 0.6 is 0 Å². The smallest absolute Gasteiger partial charge is 0.227 e. The van der Waals surface area contributed by atoms with E-state index in [0.29, 0.717) is 24.7 Å². The SMILES string of the molecule is COc1ccc(C(C)NCCc2nc(C)no2)cc1F. The van der Waals surface area contributed by atoms with Crippen LogP contribution in [0.15, 0.2) is 22.7 Å². The predicted molar refractivity (Wildman–Crippen MR) is 72.1 cm³/mol. The minimum absolute atomic E-state index is 0.0272. The standard InChI is InChI=1S/C14H18FN3O2/c1-9(11-4-5-13(19-3)12(15)8-11)16-7-6-14-17-10(2)18-20-14/h4-5,8-9,16H,6-7H2,1-3H3. The zero-order valence-electron chi connectivity index (χ0n) is 11.8. The Morgan fingerprint density at radius 1 is 1.45 bits per heavy atom. The molecule has 1 aromatic heterocycles. The fourth-order valence-corrected chi connectivity index (χ4v) is 1.91. The maximum absolute atomic E-state index is 13.6. The highest BCUT2D eigenvalue weighted by atomic mass is 19.1. The number of aromatic nitrogens is 2. The van der Waals surface area contributed by atoms with Gasteiger partial charge in [0.05, 0.1) is 7.11 Å². The van der Waals surface area contributed by atoms with E-state index in [-0.39, 0.29) is 17.6 Å². The maximum Gasteiger partial charge on any atom is 0.227 e. The van der Waals surface area contributed by atoms with Gasteiger partial charge in [0.1, 0.15) is 0 Å². The number of ether oxygens (including phenoxy) is 1. The van der Waals surface area contributed by atoms with E-state index in [2.05, 4.69) is 15.5 Å². The van der Waals surface area contributed by atoms with Crippen molar-refractivity contribution < 1.29 is 13.7 Å². The fourth-order valence-electron chi connectivity index (χ4n) is 1.91. The number of aryl methyl sites for hydroxylation is 1. The molecular formula is C14H18FN3O2. The Balaban J connectivity index is 1.88. The molecule has 108 valence electrons. The molecule has 2 aromatic rings. The molecule has 1 aromatic carbocycles. The summed E-state index contributed by atoms with van der Waals surface area (Å²) in [5.41, 5.74) is 0.866. The van der Waals surface area contributed by atoms with Crippen LogP contribution in [0.1, 0.15) is 30.2 Å². The third-order valence-corrected chi connectivity index (χ3v) is 3.03. The summed E-state index contributed by atoms with van der Waals surface area (Å²) in [6, 6.07) is 4.98. The van der Waals surface area contributed by atoms with Gasteiger partial charge >= 0.3 is 0 Å². The Bertz CT molecular complexity index is 571. The molecule has 0 saturated carbocycles. The van der Waals surface area contributed by atoms with Crippen LogP contribution in [0.5, 0.6) is 5.75 Å². The number of rotatable bonds is 6. The lowest BCUT2D eigenvalue weighted by atomic mass is 10.1. The summed E-state index contributed by atoms with van der Waals surface area (Å²) in [6.07, 6.45) is 0.643. The van der Waals surface area contributed by atoms with E-state index >= 15 is 0 Å². The number of halogens is 1. The number of methoxy groups -OCH3 is 1. The summed E-state index contributed by atoms with van der Waals surface area (Å²) in [7, 11) is 1.45. The molecule has 5 nitrogen and oxygen atoms in total. The minimum atomic E-state index is -0.355. The van der Waals surface area contributed by atoms with Crippen molar-refractivity contribution in [3.63, 3.8) is 0 Å². The van der Waals surface area contributed by atoms with Gasteiger partial charge in [0, 0.05) is 19.0 Å². The lowest BCUT2D eigenvalue weighted by molar-refractivity contribution is 0.369. The molecule has 0 aliphatic rings. The number of hydrogen-bond donors (Lipinski definition) is 1. The van der Waals surface area contributed by atoms with Crippen molar-refractivity contribution in [1.29, 1.82) is 0 Å². The van der Waals surface area contributed by atoms with Crippen molar-refractivity contribution >= 4 is 0 Å². The summed E-state index contributed by atoms with van der Waals surface area (Å²) in [5.74, 6) is 1.13. The molecule has 0 saturated heterocycles. The molecule has 0 spiro atoms. The summed E-state index contributed by atoms with van der Waals surface area (Å²) >= 11 is 0. The number of nitrogens with zero attached hydrogens (tertiary/aromatic N) is 2. The number of nitrogens with one attached hydrogen (secondary N) is 1. The van der Waals surface area contributed by atoms with Gasteiger partial charge in [-0.2, -0.15) is 4.98 Å². The van der Waals surface area contributed by atoms with Crippen molar-refractivity contribution in [3.05, 3.63) is 41.3 Å². The second-order valence-electron chi connectivity index (χ2n) is 4.56. The Hall–Kier alpha value is -1.95. The average molecular weight is 279 g/mol. The molecule has 0 radical (unpaired) electrons. The lowest BCUT2D eigenvalue weighted by Gasteiger charge is -2.14. The first kappa shape index (κ1) is 14.5. The van der Waals surface area contributed by atoms with E-state index in [9.17, 15) is 4.39 Å². The van der Waals surface area contributed by atoms with Gasteiger partial charge in [0.25, 0.3) is 0 Å². The molecule has 1 heterocycles. The van der Waals surface area contributed by atoms with Crippen LogP contribution < -0.4 is 10.1 Å². The summed E-state index contributed by atoms with van der Waals surface area (Å²) < 4.78 is 23.5. The lowest BCUT2D eigenvalue weighted by Crippen LogP contribution is -2.21. The molecule has 0 amide bonds. The minimum Gasteiger partial charge on any atom is -0.494 e. The van der Waals surface area contributed by atoms with Gasteiger partial charge in [0.2, 0.25) is 5.89 Å². The first-order valence-corrected chi connectivity index (χ1v) is 6.46. The predicted octanol–water partition coefficient (Wildman–Crippen LogP) is 2.42. The zero-order chi connectivity index (χ0) is 14.5. The zero-order valence-corrected chi connectivity index (χ0v) is 11.8. The van der Waals surface area contributed by atoms with Crippen molar-refractivity contribution in [3.8, 4) is 5.75 Å². The molecule has 1 atom stereocenters. The van der Waals surface area contributed by atoms with Crippen LogP contribution in [-0.4, -0.2) is 23.8 Å². The van der Waals surface area contributed by atoms with Gasteiger partial charge in [-0.05, 0) is 31.5 Å². The van der Waals surface area contributed by atoms with Crippen molar-refractivity contribution in [2.24, 2.45) is 0 Å². The Labute approximate surface area is 117 Å². The topological polar surface area (TPSA) is 60.2 Å². The molecule has 2 rings (SSSR count). The molecular weight excluding hydrogens is 261 g/mol. The van der Waals surface area contributed by atoms with Crippen molar-refractivity contribution in [2.75, 3.05) is 13.7 Å². The molecule has 0 aliphatic heterocycles. The van der Waals surface area contributed by atoms with Gasteiger partial charge in [-0.3, -0.25) is 0 Å². The monoisotopic (exact) mass is 279 g/mol. The molecule has 20 heavy (non-hydrogen) atoms. The second kappa shape index (κ2) is 6.47. The average Bonchev–Trinajstić information content (AvgIpc) is 2.84. The Kier molecular flexibility index (Phi) is 4.68. The van der Waals surface area contributed by atoms with Gasteiger partial charge in [-0.1, -0.05) is 11.2 Å². The molecule has 0 aliphatic carbocycles. The quantitative estimate of drug-likeness (QED) is 0.880. The molecule has 0 bridgehead atoms. The number of hydrogen-bond acceptors (Lipinski definition) is 5. The Morgan fingerprint density at radius 3 is 2.85 bits per heavy atom. The second-order valence-corrected chi connectivity index (χ2v) is 4.56. The van der Waals surface area contributed by atoms with Crippen LogP contribution in [0.25, 0.3) is 0 Å². The highest BCUT2D eigenvalue weighted by Crippen LogP contribution is 2.21. The highest BCUT2D eigenvalue weighted by Gasteiger charge is 2.10. The normalized spacial score (nSPS) is 12.4. The number of benzene rings is 1. The maximum atomic E-state index is 13.6. The van der Waals surface area contributed by atoms with E-state index in [1.165, 1.54) is 13.2 Å². The molecule has 0 fully saturated rings. The summed E-state index contributed by atoms with van der Waals surface area (Å²) in [4.78, 5) is 4.12. The van der Waals surface area contributed by atoms with E-state index in [0.717, 1.165) is 5.56 Å².